The van der Waals surface area contributed by atoms with E-state index >= 15 is 0 Å². The lowest BCUT2D eigenvalue weighted by Gasteiger charge is -2.24. The van der Waals surface area contributed by atoms with Crippen molar-refractivity contribution in [2.45, 2.75) is 45.8 Å². The Balaban J connectivity index is 2.71. The first-order chi connectivity index (χ1) is 9.55. The third-order valence-corrected chi connectivity index (χ3v) is 3.36. The minimum atomic E-state index is -4.39. The summed E-state index contributed by atoms with van der Waals surface area (Å²) in [5.74, 6) is -0.254. The number of rotatable bonds is 5. The SMILES string of the molecule is CCC(C)(C)NC(=O)CNc1ccc(C)c(C(F)(F)F)c1. The molecular formula is C15H21F3N2O. The topological polar surface area (TPSA) is 41.1 Å². The molecule has 0 heterocycles. The number of hydrogen-bond acceptors (Lipinski definition) is 2. The lowest BCUT2D eigenvalue weighted by molar-refractivity contribution is -0.138. The number of nitrogens with one attached hydrogen (secondary N) is 2. The Morgan fingerprint density at radius 2 is 1.86 bits per heavy atom. The van der Waals surface area contributed by atoms with Gasteiger partial charge in [-0.25, -0.2) is 0 Å². The van der Waals surface area contributed by atoms with E-state index in [9.17, 15) is 18.0 Å². The average molecular weight is 302 g/mol. The van der Waals surface area contributed by atoms with Gasteiger partial charge in [-0.3, -0.25) is 4.79 Å². The van der Waals surface area contributed by atoms with E-state index in [2.05, 4.69) is 10.6 Å². The van der Waals surface area contributed by atoms with Crippen molar-refractivity contribution >= 4 is 11.6 Å². The molecule has 1 aromatic rings. The van der Waals surface area contributed by atoms with Crippen LogP contribution in [0, 0.1) is 6.92 Å². The van der Waals surface area contributed by atoms with Gasteiger partial charge in [0, 0.05) is 11.2 Å². The third-order valence-electron chi connectivity index (χ3n) is 3.36. The molecule has 21 heavy (non-hydrogen) atoms. The fourth-order valence-electron chi connectivity index (χ4n) is 1.73. The molecule has 0 saturated heterocycles. The first-order valence-corrected chi connectivity index (χ1v) is 6.78. The van der Waals surface area contributed by atoms with Gasteiger partial charge < -0.3 is 10.6 Å². The van der Waals surface area contributed by atoms with Crippen molar-refractivity contribution in [2.75, 3.05) is 11.9 Å². The van der Waals surface area contributed by atoms with Gasteiger partial charge in [-0.15, -0.1) is 0 Å². The van der Waals surface area contributed by atoms with Crippen molar-refractivity contribution in [2.24, 2.45) is 0 Å². The number of alkyl halides is 3. The molecule has 0 saturated carbocycles. The molecule has 118 valence electrons. The smallest absolute Gasteiger partial charge is 0.376 e. The first-order valence-electron chi connectivity index (χ1n) is 6.78. The lowest BCUT2D eigenvalue weighted by atomic mass is 10.0. The van der Waals surface area contributed by atoms with Gasteiger partial charge in [-0.05, 0) is 44.9 Å². The van der Waals surface area contributed by atoms with Crippen LogP contribution < -0.4 is 10.6 Å². The van der Waals surface area contributed by atoms with Crippen molar-refractivity contribution in [3.63, 3.8) is 0 Å². The van der Waals surface area contributed by atoms with Gasteiger partial charge in [0.15, 0.2) is 0 Å². The molecule has 0 aliphatic heterocycles. The second kappa shape index (κ2) is 6.37. The molecule has 0 fully saturated rings. The van der Waals surface area contributed by atoms with Crippen LogP contribution >= 0.6 is 0 Å². The minimum absolute atomic E-state index is 0.0657. The summed E-state index contributed by atoms with van der Waals surface area (Å²) in [5, 5.41) is 5.53. The molecule has 0 aliphatic rings. The average Bonchev–Trinajstić information content (AvgIpc) is 2.36. The van der Waals surface area contributed by atoms with Crippen LogP contribution in [-0.4, -0.2) is 18.0 Å². The number of aryl methyl sites for hydroxylation is 1. The van der Waals surface area contributed by atoms with Gasteiger partial charge in [-0.1, -0.05) is 13.0 Å². The summed E-state index contributed by atoms with van der Waals surface area (Å²) in [6, 6.07) is 3.94. The summed E-state index contributed by atoms with van der Waals surface area (Å²) in [4.78, 5) is 11.7. The lowest BCUT2D eigenvalue weighted by Crippen LogP contribution is -2.45. The standard InChI is InChI=1S/C15H21F3N2O/c1-5-14(3,4)20-13(21)9-19-11-7-6-10(2)12(8-11)15(16,17)18/h6-8,19H,5,9H2,1-4H3,(H,20,21). The maximum absolute atomic E-state index is 12.8. The van der Waals surface area contributed by atoms with E-state index in [0.717, 1.165) is 12.5 Å². The van der Waals surface area contributed by atoms with Gasteiger partial charge in [0.05, 0.1) is 12.1 Å². The number of hydrogen-bond donors (Lipinski definition) is 2. The zero-order valence-electron chi connectivity index (χ0n) is 12.7. The Morgan fingerprint density at radius 1 is 1.24 bits per heavy atom. The van der Waals surface area contributed by atoms with E-state index < -0.39 is 11.7 Å². The highest BCUT2D eigenvalue weighted by molar-refractivity contribution is 5.81. The maximum Gasteiger partial charge on any atom is 0.416 e. The Labute approximate surface area is 122 Å². The quantitative estimate of drug-likeness (QED) is 0.870. The summed E-state index contributed by atoms with van der Waals surface area (Å²) < 4.78 is 38.4. The van der Waals surface area contributed by atoms with E-state index in [1.807, 2.05) is 20.8 Å². The predicted molar refractivity (Wildman–Crippen MR) is 77.2 cm³/mol. The molecule has 2 N–H and O–H groups in total. The molecule has 0 aromatic heterocycles. The van der Waals surface area contributed by atoms with Gasteiger partial charge in [0.1, 0.15) is 0 Å². The van der Waals surface area contributed by atoms with Crippen molar-refractivity contribution in [1.29, 1.82) is 0 Å². The molecule has 1 rings (SSSR count). The second-order valence-corrected chi connectivity index (χ2v) is 5.67. The molecule has 0 radical (unpaired) electrons. The first kappa shape index (κ1) is 17.3. The van der Waals surface area contributed by atoms with E-state index in [1.165, 1.54) is 19.1 Å². The number of amides is 1. The highest BCUT2D eigenvalue weighted by Gasteiger charge is 2.32. The van der Waals surface area contributed by atoms with E-state index in [-0.39, 0.29) is 29.2 Å². The molecule has 3 nitrogen and oxygen atoms in total. The van der Waals surface area contributed by atoms with Crippen molar-refractivity contribution in [3.05, 3.63) is 29.3 Å². The molecule has 1 aromatic carbocycles. The van der Waals surface area contributed by atoms with Crippen molar-refractivity contribution < 1.29 is 18.0 Å². The summed E-state index contributed by atoms with van der Waals surface area (Å²) >= 11 is 0. The number of benzene rings is 1. The third kappa shape index (κ3) is 5.28. The van der Waals surface area contributed by atoms with E-state index in [0.29, 0.717) is 0 Å². The maximum atomic E-state index is 12.8. The van der Waals surface area contributed by atoms with Crippen LogP contribution in [0.1, 0.15) is 38.3 Å². The van der Waals surface area contributed by atoms with Crippen LogP contribution in [0.25, 0.3) is 0 Å². The number of anilines is 1. The molecule has 1 amide bonds. The minimum Gasteiger partial charge on any atom is -0.376 e. The van der Waals surface area contributed by atoms with Gasteiger partial charge >= 0.3 is 6.18 Å². The predicted octanol–water partition coefficient (Wildman–Crippen LogP) is 3.73. The van der Waals surface area contributed by atoms with Gasteiger partial charge in [-0.2, -0.15) is 13.2 Å². The Kier molecular flexibility index (Phi) is 5.25. The Morgan fingerprint density at radius 3 is 2.38 bits per heavy atom. The zero-order valence-corrected chi connectivity index (χ0v) is 12.7. The normalized spacial score (nSPS) is 12.1. The fraction of sp³-hybridized carbons (Fsp3) is 0.533. The summed E-state index contributed by atoms with van der Waals surface area (Å²) in [5.41, 5.74) is -0.591. The van der Waals surface area contributed by atoms with E-state index in [1.54, 1.807) is 0 Å². The monoisotopic (exact) mass is 302 g/mol. The van der Waals surface area contributed by atoms with Crippen LogP contribution in [0.15, 0.2) is 18.2 Å². The molecular weight excluding hydrogens is 281 g/mol. The molecule has 0 spiro atoms. The van der Waals surface area contributed by atoms with Gasteiger partial charge in [0.25, 0.3) is 0 Å². The number of halogens is 3. The van der Waals surface area contributed by atoms with Crippen LogP contribution in [0.2, 0.25) is 0 Å². The molecule has 0 aliphatic carbocycles. The van der Waals surface area contributed by atoms with Crippen LogP contribution in [0.3, 0.4) is 0 Å². The Hall–Kier alpha value is -1.72. The van der Waals surface area contributed by atoms with Crippen LogP contribution in [0.5, 0.6) is 0 Å². The molecule has 0 unspecified atom stereocenters. The molecule has 0 bridgehead atoms. The van der Waals surface area contributed by atoms with Crippen LogP contribution in [0.4, 0.5) is 18.9 Å². The molecule has 0 atom stereocenters. The van der Waals surface area contributed by atoms with Crippen molar-refractivity contribution in [1.82, 2.24) is 5.32 Å². The second-order valence-electron chi connectivity index (χ2n) is 5.67. The number of carbonyl (C=O) groups excluding carboxylic acids is 1. The number of carbonyl (C=O) groups is 1. The van der Waals surface area contributed by atoms with Crippen molar-refractivity contribution in [3.8, 4) is 0 Å². The zero-order chi connectivity index (χ0) is 16.3. The summed E-state index contributed by atoms with van der Waals surface area (Å²) in [6.45, 7) is 7.06. The Bertz CT molecular complexity index is 510. The highest BCUT2D eigenvalue weighted by Crippen LogP contribution is 2.33. The fourth-order valence-corrected chi connectivity index (χ4v) is 1.73. The molecule has 6 heteroatoms. The summed E-state index contributed by atoms with van der Waals surface area (Å²) in [7, 11) is 0. The van der Waals surface area contributed by atoms with Gasteiger partial charge in [0.2, 0.25) is 5.91 Å². The van der Waals surface area contributed by atoms with E-state index in [4.69, 9.17) is 0 Å². The van der Waals surface area contributed by atoms with Crippen LogP contribution in [-0.2, 0) is 11.0 Å². The highest BCUT2D eigenvalue weighted by atomic mass is 19.4. The summed E-state index contributed by atoms with van der Waals surface area (Å²) in [6.07, 6.45) is -3.63. The largest absolute Gasteiger partial charge is 0.416 e.